The molecule has 2 N–H and O–H groups in total. The Morgan fingerprint density at radius 2 is 2.26 bits per heavy atom. The summed E-state index contributed by atoms with van der Waals surface area (Å²) >= 11 is 6.02. The predicted molar refractivity (Wildman–Crippen MR) is 74.9 cm³/mol. The molecule has 1 amide bonds. The quantitative estimate of drug-likeness (QED) is 0.873. The highest BCUT2D eigenvalue weighted by Crippen LogP contribution is 2.20. The molecule has 0 aliphatic heterocycles. The van der Waals surface area contributed by atoms with E-state index >= 15 is 0 Å². The van der Waals surface area contributed by atoms with Gasteiger partial charge >= 0.3 is 0 Å². The van der Waals surface area contributed by atoms with Gasteiger partial charge in [-0.3, -0.25) is 9.48 Å². The van der Waals surface area contributed by atoms with E-state index in [0.29, 0.717) is 22.8 Å². The van der Waals surface area contributed by atoms with Crippen molar-refractivity contribution in [3.8, 4) is 0 Å². The Morgan fingerprint density at radius 1 is 1.53 bits per heavy atom. The Bertz CT molecular complexity index is 608. The van der Waals surface area contributed by atoms with Crippen LogP contribution < -0.4 is 5.73 Å². The SMILES string of the molecule is CN(Cc1cnn(C)c1)C(=O)c1cc(N)ccc1Cl. The lowest BCUT2D eigenvalue weighted by Gasteiger charge is -2.17. The number of carbonyl (C=O) groups excluding carboxylic acids is 1. The van der Waals surface area contributed by atoms with E-state index in [1.54, 1.807) is 41.0 Å². The van der Waals surface area contributed by atoms with Crippen LogP contribution in [0.5, 0.6) is 0 Å². The van der Waals surface area contributed by atoms with Gasteiger partial charge in [0.05, 0.1) is 16.8 Å². The number of anilines is 1. The third-order valence-electron chi connectivity index (χ3n) is 2.75. The molecular weight excluding hydrogens is 264 g/mol. The fourth-order valence-electron chi connectivity index (χ4n) is 1.81. The molecule has 0 saturated carbocycles. The number of nitrogens with zero attached hydrogens (tertiary/aromatic N) is 3. The van der Waals surface area contributed by atoms with Crippen molar-refractivity contribution in [1.29, 1.82) is 0 Å². The summed E-state index contributed by atoms with van der Waals surface area (Å²) in [5, 5.41) is 4.47. The van der Waals surface area contributed by atoms with Crippen LogP contribution in [-0.2, 0) is 13.6 Å². The molecule has 0 fully saturated rings. The van der Waals surface area contributed by atoms with Crippen molar-refractivity contribution >= 4 is 23.2 Å². The smallest absolute Gasteiger partial charge is 0.255 e. The molecule has 2 rings (SSSR count). The van der Waals surface area contributed by atoms with Gasteiger partial charge < -0.3 is 10.6 Å². The van der Waals surface area contributed by atoms with E-state index < -0.39 is 0 Å². The zero-order chi connectivity index (χ0) is 14.0. The number of aryl methyl sites for hydroxylation is 1. The van der Waals surface area contributed by atoms with E-state index in [1.807, 2.05) is 13.2 Å². The van der Waals surface area contributed by atoms with Gasteiger partial charge in [-0.2, -0.15) is 5.10 Å². The van der Waals surface area contributed by atoms with Gasteiger partial charge in [-0.15, -0.1) is 0 Å². The molecule has 5 nitrogen and oxygen atoms in total. The van der Waals surface area contributed by atoms with Crippen LogP contribution in [0.25, 0.3) is 0 Å². The van der Waals surface area contributed by atoms with Crippen LogP contribution in [-0.4, -0.2) is 27.6 Å². The minimum absolute atomic E-state index is 0.166. The number of rotatable bonds is 3. The maximum Gasteiger partial charge on any atom is 0.255 e. The van der Waals surface area contributed by atoms with E-state index in [2.05, 4.69) is 5.10 Å². The molecule has 19 heavy (non-hydrogen) atoms. The molecule has 0 spiro atoms. The topological polar surface area (TPSA) is 64.2 Å². The van der Waals surface area contributed by atoms with E-state index in [4.69, 9.17) is 17.3 Å². The van der Waals surface area contributed by atoms with Crippen LogP contribution in [0.3, 0.4) is 0 Å². The fourth-order valence-corrected chi connectivity index (χ4v) is 2.01. The molecule has 0 radical (unpaired) electrons. The Labute approximate surface area is 116 Å². The van der Waals surface area contributed by atoms with Gasteiger partial charge in [-0.05, 0) is 18.2 Å². The Kier molecular flexibility index (Phi) is 3.76. The second-order valence-electron chi connectivity index (χ2n) is 4.42. The summed E-state index contributed by atoms with van der Waals surface area (Å²) in [5.74, 6) is -0.166. The van der Waals surface area contributed by atoms with E-state index in [1.165, 1.54) is 0 Å². The molecule has 0 aliphatic rings. The summed E-state index contributed by atoms with van der Waals surface area (Å²) in [6.07, 6.45) is 3.59. The van der Waals surface area contributed by atoms with E-state index in [9.17, 15) is 4.79 Å². The number of nitrogen functional groups attached to an aromatic ring is 1. The van der Waals surface area contributed by atoms with Gasteiger partial charge in [0.15, 0.2) is 0 Å². The average Bonchev–Trinajstić information content (AvgIpc) is 2.77. The first-order chi connectivity index (χ1) is 8.97. The van der Waals surface area contributed by atoms with Crippen molar-refractivity contribution in [2.45, 2.75) is 6.54 Å². The average molecular weight is 279 g/mol. The number of amides is 1. The summed E-state index contributed by atoms with van der Waals surface area (Å²) < 4.78 is 1.70. The summed E-state index contributed by atoms with van der Waals surface area (Å²) in [5.41, 5.74) is 7.56. The molecule has 0 saturated heterocycles. The van der Waals surface area contributed by atoms with Gasteiger partial charge in [0, 0.05) is 38.1 Å². The van der Waals surface area contributed by atoms with Gasteiger partial charge in [-0.1, -0.05) is 11.6 Å². The van der Waals surface area contributed by atoms with Gasteiger partial charge in [0.1, 0.15) is 0 Å². The van der Waals surface area contributed by atoms with Crippen LogP contribution in [0, 0.1) is 0 Å². The number of carbonyl (C=O) groups is 1. The lowest BCUT2D eigenvalue weighted by molar-refractivity contribution is 0.0785. The monoisotopic (exact) mass is 278 g/mol. The number of hydrogen-bond acceptors (Lipinski definition) is 3. The molecule has 1 aromatic heterocycles. The second-order valence-corrected chi connectivity index (χ2v) is 4.83. The third kappa shape index (κ3) is 3.06. The summed E-state index contributed by atoms with van der Waals surface area (Å²) in [4.78, 5) is 13.9. The van der Waals surface area contributed by atoms with Crippen LogP contribution in [0.4, 0.5) is 5.69 Å². The van der Waals surface area contributed by atoms with E-state index in [-0.39, 0.29) is 5.91 Å². The lowest BCUT2D eigenvalue weighted by atomic mass is 10.1. The predicted octanol–water partition coefficient (Wildman–Crippen LogP) is 1.93. The Hall–Kier alpha value is -2.01. The van der Waals surface area contributed by atoms with Crippen molar-refractivity contribution in [2.75, 3.05) is 12.8 Å². The first-order valence-corrected chi connectivity index (χ1v) is 6.13. The van der Waals surface area contributed by atoms with Crippen LogP contribution in [0.15, 0.2) is 30.6 Å². The van der Waals surface area contributed by atoms with Gasteiger partial charge in [0.25, 0.3) is 5.91 Å². The highest BCUT2D eigenvalue weighted by Gasteiger charge is 2.16. The molecule has 0 bridgehead atoms. The summed E-state index contributed by atoms with van der Waals surface area (Å²) in [7, 11) is 3.55. The summed E-state index contributed by atoms with van der Waals surface area (Å²) in [6, 6.07) is 4.88. The third-order valence-corrected chi connectivity index (χ3v) is 3.08. The molecule has 0 unspecified atom stereocenters. The normalized spacial score (nSPS) is 10.5. The molecule has 1 aromatic carbocycles. The van der Waals surface area contributed by atoms with Crippen LogP contribution in [0.1, 0.15) is 15.9 Å². The largest absolute Gasteiger partial charge is 0.399 e. The fraction of sp³-hybridized carbons (Fsp3) is 0.231. The van der Waals surface area contributed by atoms with Crippen molar-refractivity contribution in [2.24, 2.45) is 7.05 Å². The number of nitrogens with two attached hydrogens (primary N) is 1. The Balaban J connectivity index is 2.16. The number of benzene rings is 1. The first kappa shape index (κ1) is 13.4. The molecule has 1 heterocycles. The van der Waals surface area contributed by atoms with Crippen molar-refractivity contribution in [3.63, 3.8) is 0 Å². The van der Waals surface area contributed by atoms with Crippen molar-refractivity contribution < 1.29 is 4.79 Å². The molecule has 100 valence electrons. The molecule has 2 aromatic rings. The zero-order valence-electron chi connectivity index (χ0n) is 10.8. The minimum atomic E-state index is -0.166. The minimum Gasteiger partial charge on any atom is -0.399 e. The van der Waals surface area contributed by atoms with Gasteiger partial charge in [-0.25, -0.2) is 0 Å². The zero-order valence-corrected chi connectivity index (χ0v) is 11.6. The van der Waals surface area contributed by atoms with Gasteiger partial charge in [0.2, 0.25) is 0 Å². The number of halogens is 1. The molecule has 0 atom stereocenters. The van der Waals surface area contributed by atoms with Crippen molar-refractivity contribution in [3.05, 3.63) is 46.7 Å². The lowest BCUT2D eigenvalue weighted by Crippen LogP contribution is -2.26. The number of hydrogen-bond donors (Lipinski definition) is 1. The maximum absolute atomic E-state index is 12.3. The summed E-state index contributed by atoms with van der Waals surface area (Å²) in [6.45, 7) is 0.470. The molecular formula is C13H15ClN4O. The number of aromatic nitrogens is 2. The van der Waals surface area contributed by atoms with Crippen LogP contribution >= 0.6 is 11.6 Å². The van der Waals surface area contributed by atoms with Crippen molar-refractivity contribution in [1.82, 2.24) is 14.7 Å². The van der Waals surface area contributed by atoms with E-state index in [0.717, 1.165) is 5.56 Å². The second kappa shape index (κ2) is 5.32. The first-order valence-electron chi connectivity index (χ1n) is 5.75. The van der Waals surface area contributed by atoms with Crippen LogP contribution in [0.2, 0.25) is 5.02 Å². The highest BCUT2D eigenvalue weighted by atomic mass is 35.5. The Morgan fingerprint density at radius 3 is 2.89 bits per heavy atom. The standard InChI is InChI=1S/C13H15ClN4O/c1-17(7-9-6-16-18(2)8-9)13(19)11-5-10(15)3-4-12(11)14/h3-6,8H,7,15H2,1-2H3. The highest BCUT2D eigenvalue weighted by molar-refractivity contribution is 6.33. The molecule has 0 aliphatic carbocycles. The molecule has 6 heteroatoms. The maximum atomic E-state index is 12.3.